The minimum atomic E-state index is -1.03. The van der Waals surface area contributed by atoms with Gasteiger partial charge in [-0.1, -0.05) is 48.5 Å². The van der Waals surface area contributed by atoms with Crippen LogP contribution in [0.5, 0.6) is 11.5 Å². The van der Waals surface area contributed by atoms with Crippen molar-refractivity contribution < 1.29 is 29.5 Å². The standard InChI is InChI=1S/C29H32O6/c1-18-6-9-21(29-28(32)26(31)15-24(16-30)35-29)13-22(18)12-19-7-10-23(11-8-19)33-17-25-14-20-4-2-3-5-27(20)34-25/h2-11,13,24-26,28-32H,12,14-17H2,1H3/t24-,25?,26-,28+,29-/m0/s1. The van der Waals surface area contributed by atoms with Crippen LogP contribution in [-0.2, 0) is 17.6 Å². The van der Waals surface area contributed by atoms with Crippen LogP contribution in [0.4, 0.5) is 0 Å². The largest absolute Gasteiger partial charge is 0.490 e. The summed E-state index contributed by atoms with van der Waals surface area (Å²) in [6.45, 7) is 2.37. The lowest BCUT2D eigenvalue weighted by atomic mass is 9.90. The molecule has 3 N–H and O–H groups in total. The van der Waals surface area contributed by atoms with E-state index in [-0.39, 0.29) is 19.1 Å². The maximum absolute atomic E-state index is 10.5. The molecule has 0 radical (unpaired) electrons. The van der Waals surface area contributed by atoms with Gasteiger partial charge in [-0.05, 0) is 59.4 Å². The van der Waals surface area contributed by atoms with Gasteiger partial charge in [-0.2, -0.15) is 0 Å². The molecule has 0 bridgehead atoms. The summed E-state index contributed by atoms with van der Waals surface area (Å²) in [5.74, 6) is 1.75. The molecule has 1 fully saturated rings. The average molecular weight is 477 g/mol. The van der Waals surface area contributed by atoms with Gasteiger partial charge in [-0.25, -0.2) is 0 Å². The number of rotatable bonds is 7. The number of para-hydroxylation sites is 1. The summed E-state index contributed by atoms with van der Waals surface area (Å²) in [5, 5.41) is 30.2. The molecule has 0 amide bonds. The van der Waals surface area contributed by atoms with Gasteiger partial charge in [0, 0.05) is 12.8 Å². The summed E-state index contributed by atoms with van der Waals surface area (Å²) in [4.78, 5) is 0. The minimum absolute atomic E-state index is 0.0266. The van der Waals surface area contributed by atoms with Crippen molar-refractivity contribution in [2.24, 2.45) is 0 Å². The fourth-order valence-electron chi connectivity index (χ4n) is 4.87. The van der Waals surface area contributed by atoms with Crippen molar-refractivity contribution in [2.45, 2.75) is 56.7 Å². The van der Waals surface area contributed by atoms with Crippen LogP contribution in [-0.4, -0.2) is 52.9 Å². The van der Waals surface area contributed by atoms with Gasteiger partial charge in [0.25, 0.3) is 0 Å². The van der Waals surface area contributed by atoms with E-state index in [1.807, 2.05) is 48.5 Å². The molecule has 5 rings (SSSR count). The van der Waals surface area contributed by atoms with Crippen molar-refractivity contribution in [3.63, 3.8) is 0 Å². The first-order valence-corrected chi connectivity index (χ1v) is 12.2. The highest BCUT2D eigenvalue weighted by atomic mass is 16.5. The first-order valence-electron chi connectivity index (χ1n) is 12.2. The normalized spacial score (nSPS) is 25.7. The van der Waals surface area contributed by atoms with E-state index < -0.39 is 24.4 Å². The van der Waals surface area contributed by atoms with Crippen LogP contribution in [0.25, 0.3) is 0 Å². The molecule has 3 aromatic rings. The zero-order valence-electron chi connectivity index (χ0n) is 19.8. The summed E-state index contributed by atoms with van der Waals surface area (Å²) < 4.78 is 17.8. The summed E-state index contributed by atoms with van der Waals surface area (Å²) >= 11 is 0. The average Bonchev–Trinajstić information content (AvgIpc) is 3.30. The van der Waals surface area contributed by atoms with Crippen molar-refractivity contribution in [3.05, 3.63) is 94.5 Å². The van der Waals surface area contributed by atoms with Gasteiger partial charge < -0.3 is 29.5 Å². The van der Waals surface area contributed by atoms with Crippen LogP contribution in [0.15, 0.2) is 66.7 Å². The fourth-order valence-corrected chi connectivity index (χ4v) is 4.87. The minimum Gasteiger partial charge on any atom is -0.490 e. The van der Waals surface area contributed by atoms with Gasteiger partial charge >= 0.3 is 0 Å². The molecule has 3 aromatic carbocycles. The van der Waals surface area contributed by atoms with Gasteiger partial charge in [0.05, 0.1) is 18.8 Å². The molecule has 1 saturated heterocycles. The molecule has 6 nitrogen and oxygen atoms in total. The van der Waals surface area contributed by atoms with E-state index in [0.717, 1.165) is 46.6 Å². The topological polar surface area (TPSA) is 88.4 Å². The van der Waals surface area contributed by atoms with E-state index in [1.165, 1.54) is 5.56 Å². The van der Waals surface area contributed by atoms with Crippen LogP contribution in [0.1, 0.15) is 40.3 Å². The van der Waals surface area contributed by atoms with E-state index in [9.17, 15) is 15.3 Å². The lowest BCUT2D eigenvalue weighted by Gasteiger charge is -2.37. The summed E-state index contributed by atoms with van der Waals surface area (Å²) in [6.07, 6.45) is -1.28. The molecule has 0 aromatic heterocycles. The molecular formula is C29H32O6. The number of aryl methyl sites for hydroxylation is 1. The van der Waals surface area contributed by atoms with E-state index in [1.54, 1.807) is 0 Å². The summed E-state index contributed by atoms with van der Waals surface area (Å²) in [6, 6.07) is 22.1. The molecular weight excluding hydrogens is 444 g/mol. The highest BCUT2D eigenvalue weighted by molar-refractivity contribution is 5.39. The van der Waals surface area contributed by atoms with E-state index in [4.69, 9.17) is 14.2 Å². The quantitative estimate of drug-likeness (QED) is 0.484. The van der Waals surface area contributed by atoms with Crippen molar-refractivity contribution in [3.8, 4) is 11.5 Å². The summed E-state index contributed by atoms with van der Waals surface area (Å²) in [7, 11) is 0. The molecule has 0 saturated carbocycles. The predicted octanol–water partition coefficient (Wildman–Crippen LogP) is 3.51. The first kappa shape index (κ1) is 23.8. The third kappa shape index (κ3) is 5.36. The zero-order valence-corrected chi connectivity index (χ0v) is 19.8. The number of benzene rings is 3. The molecule has 1 unspecified atom stereocenters. The maximum atomic E-state index is 10.5. The molecule has 0 aliphatic carbocycles. The van der Waals surface area contributed by atoms with Gasteiger partial charge in [-0.3, -0.25) is 0 Å². The van der Waals surface area contributed by atoms with Crippen molar-refractivity contribution in [2.75, 3.05) is 13.2 Å². The second kappa shape index (κ2) is 10.4. The van der Waals surface area contributed by atoms with E-state index in [0.29, 0.717) is 6.61 Å². The number of ether oxygens (including phenoxy) is 3. The first-order chi connectivity index (χ1) is 17.0. The number of fused-ring (bicyclic) bond motifs is 1. The lowest BCUT2D eigenvalue weighted by Crippen LogP contribution is -2.44. The van der Waals surface area contributed by atoms with Crippen molar-refractivity contribution in [1.82, 2.24) is 0 Å². The number of hydrogen-bond donors (Lipinski definition) is 3. The Morgan fingerprint density at radius 3 is 2.54 bits per heavy atom. The Labute approximate surface area is 205 Å². The van der Waals surface area contributed by atoms with Gasteiger partial charge in [0.15, 0.2) is 0 Å². The van der Waals surface area contributed by atoms with Crippen LogP contribution in [0.3, 0.4) is 0 Å². The van der Waals surface area contributed by atoms with Crippen LogP contribution < -0.4 is 9.47 Å². The summed E-state index contributed by atoms with van der Waals surface area (Å²) in [5.41, 5.74) is 5.41. The highest BCUT2D eigenvalue weighted by Crippen LogP contribution is 2.33. The molecule has 5 atom stereocenters. The molecule has 2 heterocycles. The van der Waals surface area contributed by atoms with Crippen molar-refractivity contribution >= 4 is 0 Å². The van der Waals surface area contributed by atoms with Crippen LogP contribution in [0.2, 0.25) is 0 Å². The van der Waals surface area contributed by atoms with Gasteiger partial charge in [0.2, 0.25) is 0 Å². The Morgan fingerprint density at radius 1 is 0.971 bits per heavy atom. The fraction of sp³-hybridized carbons (Fsp3) is 0.379. The second-order valence-corrected chi connectivity index (χ2v) is 9.52. The molecule has 6 heteroatoms. The smallest absolute Gasteiger partial charge is 0.137 e. The molecule has 0 spiro atoms. The van der Waals surface area contributed by atoms with Crippen LogP contribution >= 0.6 is 0 Å². The Balaban J connectivity index is 1.22. The monoisotopic (exact) mass is 476 g/mol. The van der Waals surface area contributed by atoms with Crippen LogP contribution in [0, 0.1) is 6.92 Å². The molecule has 2 aliphatic rings. The van der Waals surface area contributed by atoms with E-state index >= 15 is 0 Å². The van der Waals surface area contributed by atoms with Gasteiger partial charge in [0.1, 0.15) is 36.4 Å². The zero-order chi connectivity index (χ0) is 24.4. The molecule has 35 heavy (non-hydrogen) atoms. The third-order valence-electron chi connectivity index (χ3n) is 6.92. The SMILES string of the molecule is Cc1ccc([C@@H]2O[C@H](CO)C[C@H](O)[C@H]2O)cc1Cc1ccc(OCC2Cc3ccccc3O2)cc1. The lowest BCUT2D eigenvalue weighted by molar-refractivity contribution is -0.179. The van der Waals surface area contributed by atoms with Crippen molar-refractivity contribution in [1.29, 1.82) is 0 Å². The highest BCUT2D eigenvalue weighted by Gasteiger charge is 2.37. The molecule has 184 valence electrons. The Hall–Kier alpha value is -2.90. The number of aliphatic hydroxyl groups is 3. The second-order valence-electron chi connectivity index (χ2n) is 9.52. The third-order valence-corrected chi connectivity index (χ3v) is 6.92. The Bertz CT molecular complexity index is 1120. The Morgan fingerprint density at radius 2 is 1.77 bits per heavy atom. The van der Waals surface area contributed by atoms with E-state index in [2.05, 4.69) is 25.1 Å². The predicted molar refractivity (Wildman–Crippen MR) is 132 cm³/mol. The van der Waals surface area contributed by atoms with Gasteiger partial charge in [-0.15, -0.1) is 0 Å². The maximum Gasteiger partial charge on any atom is 0.137 e. The Kier molecular flexibility index (Phi) is 7.07. The number of aliphatic hydroxyl groups excluding tert-OH is 3. The molecule has 2 aliphatic heterocycles. The number of hydrogen-bond acceptors (Lipinski definition) is 6.